The topological polar surface area (TPSA) is 394 Å². The minimum absolute atomic E-state index is 0.0244. The number of allylic oxidation sites excluding steroid dienone is 2. The van der Waals surface area contributed by atoms with Crippen molar-refractivity contribution in [3.63, 3.8) is 0 Å². The van der Waals surface area contributed by atoms with E-state index in [9.17, 15) is 81.4 Å². The zero-order valence-electron chi connectivity index (χ0n) is 45.0. The number of rotatable bonds is 12. The third-order valence-corrected chi connectivity index (χ3v) is 21.4. The summed E-state index contributed by atoms with van der Waals surface area (Å²) in [5, 5.41) is 164. The molecule has 9 aliphatic rings. The fraction of sp³-hybridized carbons (Fsp3) is 0.943. The van der Waals surface area contributed by atoms with Gasteiger partial charge in [0.15, 0.2) is 31.3 Å². The average molecular weight is 1110 g/mol. The Kier molecular flexibility index (Phi) is 16.5. The van der Waals surface area contributed by atoms with E-state index in [1.54, 1.807) is 0 Å². The predicted molar refractivity (Wildman–Crippen MR) is 260 cm³/mol. The maximum absolute atomic E-state index is 12.8. The van der Waals surface area contributed by atoms with Crippen LogP contribution in [0.15, 0.2) is 11.6 Å². The highest BCUT2D eigenvalue weighted by Gasteiger charge is 2.73. The Morgan fingerprint density at radius 3 is 1.75 bits per heavy atom. The van der Waals surface area contributed by atoms with Gasteiger partial charge in [-0.3, -0.25) is 0 Å². The summed E-state index contributed by atoms with van der Waals surface area (Å²) in [5.74, 6) is -2.18. The Balaban J connectivity index is 1.00. The van der Waals surface area contributed by atoms with E-state index in [-0.39, 0.29) is 23.7 Å². The van der Waals surface area contributed by atoms with Crippen molar-refractivity contribution < 1.29 is 119 Å². The van der Waals surface area contributed by atoms with Crippen LogP contribution in [-0.4, -0.2) is 244 Å². The van der Waals surface area contributed by atoms with Gasteiger partial charge in [-0.2, -0.15) is 0 Å². The molecule has 442 valence electrons. The fourth-order valence-corrected chi connectivity index (χ4v) is 16.7. The summed E-state index contributed by atoms with van der Waals surface area (Å²) in [6.07, 6.45) is -30.7. The molecule has 0 spiro atoms. The first-order valence-corrected chi connectivity index (χ1v) is 27.4. The van der Waals surface area contributed by atoms with Crippen LogP contribution in [0.4, 0.5) is 0 Å². The SMILES string of the molecule is C[C@@H]1O[C@@H](O[C@H]2[C@H](O)[C@@]3(CO)C(CC2(C)C)C2=CCC4[C@@]5(C)CC[C@H](O[C@@H]6O[C@H](C(=O)O)[C@@H](O)[C@H](O[C@@H]7O[C@@H](CO)[C@H](O)[C@H]7O)[C@H]6O[C@@H]6O[C@H](CO)[C@H](O)[C@H](O)[C@H]6O)C(C)(C)C5CC[C@@]4(C)[C@]2(C)C[C@H]3O)[C@H](O)[C@H](O)[C@H]1O. The number of carboxylic acid groups (broad SMARTS) is 1. The summed E-state index contributed by atoms with van der Waals surface area (Å²) in [6, 6.07) is 0. The maximum atomic E-state index is 12.8. The molecule has 9 rings (SSSR count). The molecule has 77 heavy (non-hydrogen) atoms. The molecule has 30 atom stereocenters. The molecule has 0 aromatic heterocycles. The molecule has 24 nitrogen and oxygen atoms in total. The van der Waals surface area contributed by atoms with Gasteiger partial charge in [0, 0.05) is 0 Å². The van der Waals surface area contributed by atoms with Crippen LogP contribution in [-0.2, 0) is 42.7 Å². The lowest BCUT2D eigenvalue weighted by atomic mass is 9.33. The van der Waals surface area contributed by atoms with Gasteiger partial charge in [0.1, 0.15) is 79.4 Å². The average Bonchev–Trinajstić information content (AvgIpc) is 3.64. The molecule has 15 N–H and O–H groups in total. The Hall–Kier alpha value is -1.67. The van der Waals surface area contributed by atoms with E-state index in [1.807, 2.05) is 27.7 Å². The highest BCUT2D eigenvalue weighted by molar-refractivity contribution is 5.73. The van der Waals surface area contributed by atoms with Gasteiger partial charge in [-0.05, 0) is 96.7 Å². The Morgan fingerprint density at radius 1 is 0.610 bits per heavy atom. The second kappa shape index (κ2) is 21.2. The van der Waals surface area contributed by atoms with Crippen molar-refractivity contribution in [1.29, 1.82) is 0 Å². The third kappa shape index (κ3) is 9.22. The van der Waals surface area contributed by atoms with E-state index in [0.717, 1.165) is 5.57 Å². The first-order chi connectivity index (χ1) is 35.9. The number of fused-ring (bicyclic) bond motifs is 7. The van der Waals surface area contributed by atoms with Crippen molar-refractivity contribution in [2.75, 3.05) is 19.8 Å². The summed E-state index contributed by atoms with van der Waals surface area (Å²) >= 11 is 0. The van der Waals surface area contributed by atoms with Crippen LogP contribution >= 0.6 is 0 Å². The molecule has 4 saturated heterocycles. The summed E-state index contributed by atoms with van der Waals surface area (Å²) < 4.78 is 48.6. The van der Waals surface area contributed by atoms with Gasteiger partial charge < -0.3 is 114 Å². The molecule has 0 amide bonds. The number of aliphatic hydroxyl groups is 14. The Morgan fingerprint density at radius 2 is 1.17 bits per heavy atom. The van der Waals surface area contributed by atoms with Crippen molar-refractivity contribution in [2.45, 2.75) is 241 Å². The van der Waals surface area contributed by atoms with Crippen molar-refractivity contribution in [2.24, 2.45) is 50.2 Å². The normalized spacial score (nSPS) is 55.3. The standard InChI is InChI=1S/C53H86O24/c1-20-29(58)32(61)35(64)44(70-20)77-42-41(67)53(19-56)22(15-48(42,2)3)21-9-10-26-50(6)13-12-28(49(4,5)25(50)11-14-51(26,7)52(21,8)16-27(53)57)73-47-40(76-46-36(65)33(62)30(59)23(17-54)71-46)38(37(66)39(75-47)43(68)69)74-45-34(63)31(60)24(18-55)72-45/h9,20,22-42,44-47,54-67H,10-19H2,1-8H3,(H,68,69)/t20-,22?,23+,24-,25?,26?,27+,28-,29-,30-,31-,32+,33-,34+,35+,36+,37-,38-,39-,40+,41-,42-,44-,45-,46-,47+,50-,51+,52+,53-/m0/s1. The summed E-state index contributed by atoms with van der Waals surface area (Å²) in [4.78, 5) is 12.8. The second-order valence-electron chi connectivity index (χ2n) is 26.1. The Bertz CT molecular complexity index is 2150. The number of aliphatic carboxylic acids is 1. The first-order valence-electron chi connectivity index (χ1n) is 27.4. The summed E-state index contributed by atoms with van der Waals surface area (Å²) in [7, 11) is 0. The van der Waals surface area contributed by atoms with Crippen LogP contribution in [0.5, 0.6) is 0 Å². The second-order valence-corrected chi connectivity index (χ2v) is 26.1. The van der Waals surface area contributed by atoms with Gasteiger partial charge in [-0.25, -0.2) is 4.79 Å². The summed E-state index contributed by atoms with van der Waals surface area (Å²) in [6.45, 7) is 14.0. The van der Waals surface area contributed by atoms with E-state index in [2.05, 4.69) is 26.8 Å². The number of aliphatic hydroxyl groups excluding tert-OH is 14. The fourth-order valence-electron chi connectivity index (χ4n) is 16.7. The molecule has 0 radical (unpaired) electrons. The molecule has 5 aliphatic carbocycles. The van der Waals surface area contributed by atoms with Gasteiger partial charge in [0.05, 0.1) is 55.8 Å². The molecular weight excluding hydrogens is 1020 g/mol. The lowest BCUT2D eigenvalue weighted by Gasteiger charge is -2.72. The van der Waals surface area contributed by atoms with E-state index < -0.39 is 200 Å². The van der Waals surface area contributed by atoms with E-state index in [0.29, 0.717) is 38.5 Å². The van der Waals surface area contributed by atoms with Crippen LogP contribution in [0.25, 0.3) is 0 Å². The van der Waals surface area contributed by atoms with Crippen molar-refractivity contribution in [3.05, 3.63) is 11.6 Å². The molecular formula is C53H86O24. The summed E-state index contributed by atoms with van der Waals surface area (Å²) in [5.41, 5.74) is -3.45. The molecule has 8 fully saturated rings. The molecule has 4 saturated carbocycles. The molecule has 3 unspecified atom stereocenters. The van der Waals surface area contributed by atoms with Crippen LogP contribution in [0.3, 0.4) is 0 Å². The van der Waals surface area contributed by atoms with Gasteiger partial charge >= 0.3 is 5.97 Å². The zero-order chi connectivity index (χ0) is 56.6. The monoisotopic (exact) mass is 1110 g/mol. The largest absolute Gasteiger partial charge is 0.479 e. The van der Waals surface area contributed by atoms with Crippen LogP contribution in [0.1, 0.15) is 100 Å². The third-order valence-electron chi connectivity index (χ3n) is 21.4. The highest BCUT2D eigenvalue weighted by atomic mass is 16.8. The lowest BCUT2D eigenvalue weighted by Crippen LogP contribution is -2.72. The van der Waals surface area contributed by atoms with Crippen LogP contribution < -0.4 is 0 Å². The number of carboxylic acids is 1. The smallest absolute Gasteiger partial charge is 0.335 e. The van der Waals surface area contributed by atoms with Gasteiger partial charge in [-0.1, -0.05) is 60.1 Å². The van der Waals surface area contributed by atoms with Gasteiger partial charge in [0.25, 0.3) is 0 Å². The first kappa shape index (κ1) is 59.9. The van der Waals surface area contributed by atoms with Crippen LogP contribution in [0.2, 0.25) is 0 Å². The maximum Gasteiger partial charge on any atom is 0.335 e. The quantitative estimate of drug-likeness (QED) is 0.0689. The highest BCUT2D eigenvalue weighted by Crippen LogP contribution is 2.76. The van der Waals surface area contributed by atoms with Crippen molar-refractivity contribution >= 4 is 5.97 Å². The van der Waals surface area contributed by atoms with Gasteiger partial charge in [0.2, 0.25) is 0 Å². The van der Waals surface area contributed by atoms with Gasteiger partial charge in [-0.15, -0.1) is 0 Å². The minimum Gasteiger partial charge on any atom is -0.479 e. The number of ether oxygens (including phenoxy) is 8. The number of carbonyl (C=O) groups is 1. The van der Waals surface area contributed by atoms with Crippen LogP contribution in [0, 0.1) is 50.2 Å². The Labute approximate surface area is 447 Å². The molecule has 0 aromatic rings. The van der Waals surface area contributed by atoms with E-state index in [1.165, 1.54) is 6.92 Å². The zero-order valence-corrected chi connectivity index (χ0v) is 45.0. The number of hydrogen-bond donors (Lipinski definition) is 15. The molecule has 0 aromatic carbocycles. The lowest BCUT2D eigenvalue weighted by molar-refractivity contribution is -0.386. The number of hydrogen-bond acceptors (Lipinski definition) is 23. The molecule has 0 bridgehead atoms. The predicted octanol–water partition coefficient (Wildman–Crippen LogP) is -2.89. The molecule has 4 heterocycles. The molecule has 4 aliphatic heterocycles. The van der Waals surface area contributed by atoms with E-state index in [4.69, 9.17) is 37.9 Å². The molecule has 24 heteroatoms. The minimum atomic E-state index is -2.11. The van der Waals surface area contributed by atoms with Crippen molar-refractivity contribution in [3.8, 4) is 0 Å². The van der Waals surface area contributed by atoms with Crippen molar-refractivity contribution in [1.82, 2.24) is 0 Å². The van der Waals surface area contributed by atoms with E-state index >= 15 is 0 Å².